The van der Waals surface area contributed by atoms with Gasteiger partial charge in [-0.05, 0) is 12.8 Å². The Morgan fingerprint density at radius 3 is 2.82 bits per heavy atom. The summed E-state index contributed by atoms with van der Waals surface area (Å²) in [7, 11) is 0. The van der Waals surface area contributed by atoms with Crippen LogP contribution < -0.4 is 4.90 Å². The Hall–Kier alpha value is -0.910. The van der Waals surface area contributed by atoms with E-state index in [-0.39, 0.29) is 12.7 Å². The van der Waals surface area contributed by atoms with Crippen molar-refractivity contribution in [2.45, 2.75) is 18.9 Å². The SMILES string of the molecule is OCCOC1CCN(c2cncc(Cl)n2)CC1. The molecule has 0 aliphatic carbocycles. The van der Waals surface area contributed by atoms with E-state index in [4.69, 9.17) is 21.4 Å². The minimum Gasteiger partial charge on any atom is -0.394 e. The summed E-state index contributed by atoms with van der Waals surface area (Å²) in [6.07, 6.45) is 5.37. The molecule has 2 heterocycles. The van der Waals surface area contributed by atoms with E-state index in [1.807, 2.05) is 0 Å². The van der Waals surface area contributed by atoms with Crippen molar-refractivity contribution in [1.82, 2.24) is 9.97 Å². The van der Waals surface area contributed by atoms with Crippen LogP contribution in [0.2, 0.25) is 5.15 Å². The number of ether oxygens (including phenoxy) is 1. The highest BCUT2D eigenvalue weighted by atomic mass is 35.5. The molecule has 0 saturated carbocycles. The fourth-order valence-electron chi connectivity index (χ4n) is 1.96. The van der Waals surface area contributed by atoms with Gasteiger partial charge in [-0.3, -0.25) is 4.98 Å². The van der Waals surface area contributed by atoms with Gasteiger partial charge in [0, 0.05) is 13.1 Å². The molecule has 1 fully saturated rings. The summed E-state index contributed by atoms with van der Waals surface area (Å²) in [5.41, 5.74) is 0. The van der Waals surface area contributed by atoms with Gasteiger partial charge in [-0.2, -0.15) is 0 Å². The molecule has 1 aromatic rings. The Kier molecular flexibility index (Phi) is 4.53. The summed E-state index contributed by atoms with van der Waals surface area (Å²) in [5.74, 6) is 0.818. The van der Waals surface area contributed by atoms with Crippen LogP contribution in [-0.2, 0) is 4.74 Å². The van der Waals surface area contributed by atoms with E-state index in [9.17, 15) is 0 Å². The van der Waals surface area contributed by atoms with E-state index in [0.717, 1.165) is 31.7 Å². The smallest absolute Gasteiger partial charge is 0.149 e. The molecule has 0 amide bonds. The second-order valence-corrected chi connectivity index (χ2v) is 4.37. The molecule has 0 radical (unpaired) electrons. The first kappa shape index (κ1) is 12.5. The van der Waals surface area contributed by atoms with Gasteiger partial charge < -0.3 is 14.7 Å². The molecule has 1 saturated heterocycles. The largest absolute Gasteiger partial charge is 0.394 e. The van der Waals surface area contributed by atoms with Gasteiger partial charge in [0.2, 0.25) is 0 Å². The van der Waals surface area contributed by atoms with Gasteiger partial charge in [0.1, 0.15) is 11.0 Å². The first-order valence-corrected chi connectivity index (χ1v) is 6.12. The summed E-state index contributed by atoms with van der Waals surface area (Å²) >= 11 is 5.81. The number of piperidine rings is 1. The second kappa shape index (κ2) is 6.14. The van der Waals surface area contributed by atoms with Gasteiger partial charge in [0.15, 0.2) is 0 Å². The number of aromatic nitrogens is 2. The zero-order chi connectivity index (χ0) is 12.1. The van der Waals surface area contributed by atoms with Crippen molar-refractivity contribution in [2.75, 3.05) is 31.2 Å². The van der Waals surface area contributed by atoms with Crippen molar-refractivity contribution in [3.05, 3.63) is 17.5 Å². The standard InChI is InChI=1S/C11H16ClN3O2/c12-10-7-13-8-11(14-10)15-3-1-9(2-4-15)17-6-5-16/h7-9,16H,1-6H2. The predicted octanol–water partition coefficient (Wildman–Crippen LogP) is 1.11. The zero-order valence-corrected chi connectivity index (χ0v) is 10.3. The Morgan fingerprint density at radius 2 is 2.18 bits per heavy atom. The molecule has 1 aliphatic heterocycles. The number of nitrogens with zero attached hydrogens (tertiary/aromatic N) is 3. The lowest BCUT2D eigenvalue weighted by Crippen LogP contribution is -2.37. The maximum absolute atomic E-state index is 8.69. The normalized spacial score (nSPS) is 17.4. The quantitative estimate of drug-likeness (QED) is 0.876. The molecule has 1 N–H and O–H groups in total. The van der Waals surface area contributed by atoms with E-state index in [0.29, 0.717) is 11.8 Å². The number of anilines is 1. The lowest BCUT2D eigenvalue weighted by atomic mass is 10.1. The maximum atomic E-state index is 8.69. The van der Waals surface area contributed by atoms with E-state index in [1.54, 1.807) is 6.20 Å². The van der Waals surface area contributed by atoms with Crippen LogP contribution >= 0.6 is 11.6 Å². The van der Waals surface area contributed by atoms with Crippen molar-refractivity contribution >= 4 is 17.4 Å². The van der Waals surface area contributed by atoms with Crippen molar-refractivity contribution < 1.29 is 9.84 Å². The summed E-state index contributed by atoms with van der Waals surface area (Å²) in [6.45, 7) is 2.26. The van der Waals surface area contributed by atoms with Gasteiger partial charge in [0.05, 0.1) is 31.7 Å². The van der Waals surface area contributed by atoms with Crippen LogP contribution in [0, 0.1) is 0 Å². The van der Waals surface area contributed by atoms with Gasteiger partial charge >= 0.3 is 0 Å². The first-order valence-electron chi connectivity index (χ1n) is 5.74. The zero-order valence-electron chi connectivity index (χ0n) is 9.55. The molecule has 0 aromatic carbocycles. The number of aliphatic hydroxyl groups is 1. The summed E-state index contributed by atoms with van der Waals surface area (Å²) < 4.78 is 5.50. The van der Waals surface area contributed by atoms with Crippen LogP contribution in [0.1, 0.15) is 12.8 Å². The molecule has 0 atom stereocenters. The molecule has 5 nitrogen and oxygen atoms in total. The van der Waals surface area contributed by atoms with Gasteiger partial charge in [0.25, 0.3) is 0 Å². The van der Waals surface area contributed by atoms with Crippen LogP contribution in [0.15, 0.2) is 12.4 Å². The van der Waals surface area contributed by atoms with Crippen molar-refractivity contribution in [3.63, 3.8) is 0 Å². The summed E-state index contributed by atoms with van der Waals surface area (Å²) in [4.78, 5) is 10.4. The summed E-state index contributed by atoms with van der Waals surface area (Å²) in [6, 6.07) is 0. The van der Waals surface area contributed by atoms with Crippen molar-refractivity contribution in [3.8, 4) is 0 Å². The van der Waals surface area contributed by atoms with Crippen LogP contribution in [0.25, 0.3) is 0 Å². The van der Waals surface area contributed by atoms with Gasteiger partial charge in [-0.15, -0.1) is 0 Å². The van der Waals surface area contributed by atoms with E-state index < -0.39 is 0 Å². The molecule has 1 aliphatic rings. The molecule has 17 heavy (non-hydrogen) atoms. The third kappa shape index (κ3) is 3.52. The second-order valence-electron chi connectivity index (χ2n) is 3.98. The Morgan fingerprint density at radius 1 is 1.41 bits per heavy atom. The lowest BCUT2D eigenvalue weighted by Gasteiger charge is -2.32. The average Bonchev–Trinajstić information content (AvgIpc) is 2.37. The number of halogens is 1. The lowest BCUT2D eigenvalue weighted by molar-refractivity contribution is 0.0158. The molecular formula is C11H16ClN3O2. The van der Waals surface area contributed by atoms with Crippen LogP contribution in [0.5, 0.6) is 0 Å². The van der Waals surface area contributed by atoms with Crippen molar-refractivity contribution in [1.29, 1.82) is 0 Å². The first-order chi connectivity index (χ1) is 8.29. The Bertz CT molecular complexity index is 356. The van der Waals surface area contributed by atoms with E-state index in [1.165, 1.54) is 6.20 Å². The minimum absolute atomic E-state index is 0.0833. The Balaban J connectivity index is 1.86. The number of rotatable bonds is 4. The highest BCUT2D eigenvalue weighted by Crippen LogP contribution is 2.19. The number of hydrogen-bond acceptors (Lipinski definition) is 5. The topological polar surface area (TPSA) is 58.5 Å². The molecular weight excluding hydrogens is 242 g/mol. The maximum Gasteiger partial charge on any atom is 0.149 e. The molecule has 2 rings (SSSR count). The predicted molar refractivity (Wildman–Crippen MR) is 65.3 cm³/mol. The molecule has 94 valence electrons. The average molecular weight is 258 g/mol. The van der Waals surface area contributed by atoms with Crippen molar-refractivity contribution in [2.24, 2.45) is 0 Å². The Labute approximate surface area is 105 Å². The highest BCUT2D eigenvalue weighted by molar-refractivity contribution is 6.29. The fraction of sp³-hybridized carbons (Fsp3) is 0.636. The molecule has 0 bridgehead atoms. The highest BCUT2D eigenvalue weighted by Gasteiger charge is 2.20. The van der Waals surface area contributed by atoms with Crippen LogP contribution in [0.4, 0.5) is 5.82 Å². The van der Waals surface area contributed by atoms with Gasteiger partial charge in [-0.25, -0.2) is 4.98 Å². The molecule has 0 unspecified atom stereocenters. The van der Waals surface area contributed by atoms with E-state index in [2.05, 4.69) is 14.9 Å². The molecule has 0 spiro atoms. The van der Waals surface area contributed by atoms with Crippen LogP contribution in [-0.4, -0.2) is 47.5 Å². The van der Waals surface area contributed by atoms with E-state index >= 15 is 0 Å². The number of hydrogen-bond donors (Lipinski definition) is 1. The summed E-state index contributed by atoms with van der Waals surface area (Å²) in [5, 5.41) is 9.11. The number of aliphatic hydroxyl groups excluding tert-OH is 1. The molecule has 6 heteroatoms. The molecule has 1 aromatic heterocycles. The fourth-order valence-corrected chi connectivity index (χ4v) is 2.10. The third-order valence-electron chi connectivity index (χ3n) is 2.80. The van der Waals surface area contributed by atoms with Gasteiger partial charge in [-0.1, -0.05) is 11.6 Å². The monoisotopic (exact) mass is 257 g/mol. The van der Waals surface area contributed by atoms with Crippen LogP contribution in [0.3, 0.4) is 0 Å². The minimum atomic E-state index is 0.0833. The third-order valence-corrected chi connectivity index (χ3v) is 2.99.